The molecule has 0 bridgehead atoms. The molecule has 0 heterocycles. The lowest BCUT2D eigenvalue weighted by molar-refractivity contribution is 1.25. The lowest BCUT2D eigenvalue weighted by Crippen LogP contribution is -2.29. The Morgan fingerprint density at radius 1 is 0.356 bits per heavy atom. The van der Waals surface area contributed by atoms with Gasteiger partial charge in [-0.25, -0.2) is 0 Å². The summed E-state index contributed by atoms with van der Waals surface area (Å²) < 4.78 is 0. The molecule has 284 valence electrons. The number of rotatable bonds is 10. The van der Waals surface area contributed by atoms with Gasteiger partial charge in [0, 0.05) is 50.4 Å². The van der Waals surface area contributed by atoms with E-state index < -0.39 is 0 Å². The first-order chi connectivity index (χ1) is 29.1. The molecule has 0 N–H and O–H groups in total. The van der Waals surface area contributed by atoms with Crippen molar-refractivity contribution in [3.63, 3.8) is 0 Å². The van der Waals surface area contributed by atoms with E-state index in [0.29, 0.717) is 0 Å². The van der Waals surface area contributed by atoms with Crippen molar-refractivity contribution in [3.05, 3.63) is 234 Å². The van der Waals surface area contributed by atoms with E-state index in [-0.39, 0.29) is 0 Å². The number of aryl methyl sites for hydroxylation is 1. The average molecular weight is 760 g/mol. The van der Waals surface area contributed by atoms with E-state index in [1.54, 1.807) is 0 Å². The maximum Gasteiger partial charge on any atom is 0.0540 e. The minimum absolute atomic E-state index is 1.01. The Morgan fingerprint density at radius 2 is 0.746 bits per heavy atom. The van der Waals surface area contributed by atoms with Crippen LogP contribution in [0.4, 0.5) is 51.2 Å². The predicted octanol–water partition coefficient (Wildman–Crippen LogP) is 14.4. The van der Waals surface area contributed by atoms with Crippen LogP contribution < -0.4 is 25.1 Å². The minimum atomic E-state index is 1.01. The molecule has 0 aliphatic carbocycles. The molecular formula is C56H45N3. The second-order valence-electron chi connectivity index (χ2n) is 14.8. The molecule has 0 fully saturated rings. The van der Waals surface area contributed by atoms with E-state index in [2.05, 4.69) is 260 Å². The zero-order valence-corrected chi connectivity index (χ0v) is 33.4. The van der Waals surface area contributed by atoms with Crippen molar-refractivity contribution in [3.8, 4) is 11.1 Å². The fourth-order valence-corrected chi connectivity index (χ4v) is 8.04. The lowest BCUT2D eigenvalue weighted by atomic mass is 10.0. The number of nitrogens with zero attached hydrogens (tertiary/aromatic N) is 3. The van der Waals surface area contributed by atoms with Crippen molar-refractivity contribution in [2.75, 3.05) is 14.7 Å². The Kier molecular flexibility index (Phi) is 10.3. The molecule has 0 saturated carbocycles. The Bertz CT molecular complexity index is 2900. The van der Waals surface area contributed by atoms with Crippen LogP contribution in [-0.2, 0) is 0 Å². The molecule has 0 radical (unpaired) electrons. The van der Waals surface area contributed by atoms with Crippen LogP contribution in [0.5, 0.6) is 0 Å². The molecule has 59 heavy (non-hydrogen) atoms. The third kappa shape index (κ3) is 7.50. The lowest BCUT2D eigenvalue weighted by Gasteiger charge is -2.29. The summed E-state index contributed by atoms with van der Waals surface area (Å²) >= 11 is 0. The normalized spacial score (nSPS) is 11.4. The molecular weight excluding hydrogens is 715 g/mol. The first kappa shape index (κ1) is 37.0. The topological polar surface area (TPSA) is 9.72 Å². The maximum atomic E-state index is 4.33. The highest BCUT2D eigenvalue weighted by molar-refractivity contribution is 5.99. The summed E-state index contributed by atoms with van der Waals surface area (Å²) in [6, 6.07) is 78.0. The van der Waals surface area contributed by atoms with Crippen molar-refractivity contribution in [2.24, 2.45) is 0 Å². The van der Waals surface area contributed by atoms with E-state index in [1.807, 2.05) is 0 Å². The van der Waals surface area contributed by atoms with Gasteiger partial charge in [0.1, 0.15) is 0 Å². The third-order valence-electron chi connectivity index (χ3n) is 11.0. The summed E-state index contributed by atoms with van der Waals surface area (Å²) in [7, 11) is 0. The average Bonchev–Trinajstić information content (AvgIpc) is 3.29. The van der Waals surface area contributed by atoms with Crippen LogP contribution in [0.2, 0.25) is 0 Å². The van der Waals surface area contributed by atoms with Gasteiger partial charge in [0.2, 0.25) is 0 Å². The van der Waals surface area contributed by atoms with Gasteiger partial charge >= 0.3 is 0 Å². The highest BCUT2D eigenvalue weighted by atomic mass is 15.2. The van der Waals surface area contributed by atoms with Crippen molar-refractivity contribution in [1.82, 2.24) is 0 Å². The van der Waals surface area contributed by atoms with Gasteiger partial charge in [-0.1, -0.05) is 140 Å². The minimum Gasteiger partial charge on any atom is -0.311 e. The Labute approximate surface area is 347 Å². The van der Waals surface area contributed by atoms with Crippen molar-refractivity contribution < 1.29 is 0 Å². The molecule has 0 amide bonds. The van der Waals surface area contributed by atoms with E-state index in [1.165, 1.54) is 16.3 Å². The van der Waals surface area contributed by atoms with E-state index in [4.69, 9.17) is 0 Å². The van der Waals surface area contributed by atoms with E-state index in [0.717, 1.165) is 72.8 Å². The predicted molar refractivity (Wildman–Crippen MR) is 253 cm³/mol. The van der Waals surface area contributed by atoms with Crippen LogP contribution in [-0.4, -0.2) is 0 Å². The SMILES string of the molecule is C=c1cccc(N(c2ccc(C)cc2)c2ccc(-c3ccc(N(c4ccc(N(c5ccccc5)c5ccccc5)cc4)c4cccc5ccccc45)cc3)cc2)/c1=C/C. The molecule has 3 heteroatoms. The van der Waals surface area contributed by atoms with E-state index in [9.17, 15) is 0 Å². The molecule has 0 aromatic heterocycles. The maximum absolute atomic E-state index is 4.33. The molecule has 9 aromatic carbocycles. The van der Waals surface area contributed by atoms with Gasteiger partial charge in [0.25, 0.3) is 0 Å². The zero-order chi connectivity index (χ0) is 40.1. The fourth-order valence-electron chi connectivity index (χ4n) is 8.04. The Morgan fingerprint density at radius 3 is 1.29 bits per heavy atom. The van der Waals surface area contributed by atoms with Crippen LogP contribution >= 0.6 is 0 Å². The monoisotopic (exact) mass is 759 g/mol. The summed E-state index contributed by atoms with van der Waals surface area (Å²) in [6.07, 6.45) is 2.15. The number of anilines is 9. The molecule has 3 nitrogen and oxygen atoms in total. The van der Waals surface area contributed by atoms with Gasteiger partial charge < -0.3 is 14.7 Å². The molecule has 0 aliphatic rings. The van der Waals surface area contributed by atoms with Gasteiger partial charge in [-0.3, -0.25) is 0 Å². The number of hydrogen-bond acceptors (Lipinski definition) is 3. The molecule has 9 aromatic rings. The fraction of sp³-hybridized carbons (Fsp3) is 0.0357. The zero-order valence-electron chi connectivity index (χ0n) is 33.4. The highest BCUT2D eigenvalue weighted by Crippen LogP contribution is 2.42. The first-order valence-electron chi connectivity index (χ1n) is 20.2. The number of benzene rings is 9. The van der Waals surface area contributed by atoms with Crippen LogP contribution in [0.25, 0.3) is 34.6 Å². The highest BCUT2D eigenvalue weighted by Gasteiger charge is 2.19. The smallest absolute Gasteiger partial charge is 0.0540 e. The second-order valence-corrected chi connectivity index (χ2v) is 14.8. The third-order valence-corrected chi connectivity index (χ3v) is 11.0. The summed E-state index contributed by atoms with van der Waals surface area (Å²) in [4.78, 5) is 6.99. The number of hydrogen-bond donors (Lipinski definition) is 0. The molecule has 0 atom stereocenters. The Balaban J connectivity index is 1.08. The standard InChI is InChI=1S/C56H45N3/c1-4-53-42(3)15-13-23-55(53)58(49-31-25-41(2)26-32-49)50-33-27-43(28-34-50)44-29-35-51(36-30-44)59(56-24-14-17-45-16-11-12-22-54(45)56)52-39-37-48(38-40-52)57(46-18-7-5-8-19-46)47-20-9-6-10-21-47/h4-40H,3H2,1-2H3/b53-4+. The van der Waals surface area contributed by atoms with Crippen LogP contribution in [0.3, 0.4) is 0 Å². The van der Waals surface area contributed by atoms with E-state index >= 15 is 0 Å². The van der Waals surface area contributed by atoms with Crippen molar-refractivity contribution >= 4 is 74.6 Å². The summed E-state index contributed by atoms with van der Waals surface area (Å²) in [5.74, 6) is 0. The van der Waals surface area contributed by atoms with Crippen LogP contribution in [0.1, 0.15) is 12.5 Å². The van der Waals surface area contributed by atoms with Crippen LogP contribution in [0.15, 0.2) is 218 Å². The van der Waals surface area contributed by atoms with Gasteiger partial charge in [-0.15, -0.1) is 0 Å². The summed E-state index contributed by atoms with van der Waals surface area (Å²) in [5, 5.41) is 4.53. The largest absolute Gasteiger partial charge is 0.311 e. The first-order valence-corrected chi connectivity index (χ1v) is 20.2. The van der Waals surface area contributed by atoms with Gasteiger partial charge in [-0.2, -0.15) is 0 Å². The Hall–Kier alpha value is -7.62. The summed E-state index contributed by atoms with van der Waals surface area (Å²) in [5.41, 5.74) is 13.4. The van der Waals surface area contributed by atoms with Crippen LogP contribution in [0, 0.1) is 6.92 Å². The molecule has 0 unspecified atom stereocenters. The van der Waals surface area contributed by atoms with Gasteiger partial charge in [-0.05, 0) is 133 Å². The second kappa shape index (κ2) is 16.5. The number of para-hydroxylation sites is 2. The molecule has 0 saturated heterocycles. The molecule has 0 aliphatic heterocycles. The summed E-state index contributed by atoms with van der Waals surface area (Å²) in [6.45, 7) is 8.54. The van der Waals surface area contributed by atoms with Crippen molar-refractivity contribution in [2.45, 2.75) is 13.8 Å². The quantitative estimate of drug-likeness (QED) is 0.137. The molecule has 9 rings (SSSR count). The van der Waals surface area contributed by atoms with Gasteiger partial charge in [0.15, 0.2) is 0 Å². The number of fused-ring (bicyclic) bond motifs is 1. The molecule has 0 spiro atoms. The van der Waals surface area contributed by atoms with Gasteiger partial charge in [0.05, 0.1) is 11.4 Å². The van der Waals surface area contributed by atoms with Crippen molar-refractivity contribution in [1.29, 1.82) is 0 Å².